The minimum atomic E-state index is -0.557. The first-order chi connectivity index (χ1) is 10.1. The number of hydrogen-bond donors (Lipinski definition) is 3. The molecule has 6 heteroatoms. The van der Waals surface area contributed by atoms with Crippen LogP contribution in [-0.4, -0.2) is 57.0 Å². The quantitative estimate of drug-likeness (QED) is 0.721. The van der Waals surface area contributed by atoms with Crippen LogP contribution < -0.4 is 0 Å². The molecule has 2 atom stereocenters. The van der Waals surface area contributed by atoms with E-state index in [4.69, 9.17) is 0 Å². The van der Waals surface area contributed by atoms with Crippen molar-refractivity contribution >= 4 is 5.91 Å². The second kappa shape index (κ2) is 7.04. The summed E-state index contributed by atoms with van der Waals surface area (Å²) in [4.78, 5) is 14.1. The fraction of sp³-hybridized carbons (Fsp3) is 0.733. The van der Waals surface area contributed by atoms with Gasteiger partial charge in [0.15, 0.2) is 0 Å². The van der Waals surface area contributed by atoms with Crippen LogP contribution in [0.5, 0.6) is 0 Å². The van der Waals surface area contributed by atoms with Gasteiger partial charge in [0, 0.05) is 31.1 Å². The highest BCUT2D eigenvalue weighted by Crippen LogP contribution is 2.34. The second-order valence-corrected chi connectivity index (χ2v) is 6.00. The van der Waals surface area contributed by atoms with Gasteiger partial charge in [-0.05, 0) is 24.8 Å². The van der Waals surface area contributed by atoms with E-state index in [1.54, 1.807) is 17.3 Å². The summed E-state index contributed by atoms with van der Waals surface area (Å²) in [6.45, 7) is 2.97. The van der Waals surface area contributed by atoms with Crippen LogP contribution in [0.1, 0.15) is 38.2 Å². The van der Waals surface area contributed by atoms with Crippen LogP contribution in [0.4, 0.5) is 0 Å². The Morgan fingerprint density at radius 3 is 3.05 bits per heavy atom. The van der Waals surface area contributed by atoms with Crippen molar-refractivity contribution < 1.29 is 15.0 Å². The van der Waals surface area contributed by atoms with Crippen molar-refractivity contribution in [3.05, 3.63) is 18.0 Å². The normalized spacial score (nSPS) is 26.0. The van der Waals surface area contributed by atoms with Crippen LogP contribution in [-0.2, 0) is 11.2 Å². The van der Waals surface area contributed by atoms with E-state index in [9.17, 15) is 15.0 Å². The molecule has 0 aromatic carbocycles. The Labute approximate surface area is 125 Å². The zero-order valence-electron chi connectivity index (χ0n) is 12.6. The van der Waals surface area contributed by atoms with Crippen molar-refractivity contribution in [3.8, 4) is 0 Å². The molecule has 21 heavy (non-hydrogen) atoms. The maximum Gasteiger partial charge on any atom is 0.222 e. The maximum atomic E-state index is 12.3. The Balaban J connectivity index is 1.95. The average molecular weight is 295 g/mol. The molecule has 0 bridgehead atoms. The number of amides is 1. The first-order valence-electron chi connectivity index (χ1n) is 7.65. The fourth-order valence-electron chi connectivity index (χ4n) is 3.16. The number of aromatic nitrogens is 2. The molecule has 1 saturated heterocycles. The van der Waals surface area contributed by atoms with Gasteiger partial charge >= 0.3 is 0 Å². The highest BCUT2D eigenvalue weighted by atomic mass is 16.3. The van der Waals surface area contributed by atoms with E-state index >= 15 is 0 Å². The van der Waals surface area contributed by atoms with Gasteiger partial charge in [-0.1, -0.05) is 13.3 Å². The van der Waals surface area contributed by atoms with Gasteiger partial charge in [0.05, 0.1) is 18.9 Å². The number of aromatic amines is 1. The number of H-pyrrole nitrogens is 1. The number of hydrogen-bond acceptors (Lipinski definition) is 4. The SMILES string of the molecule is CCC[C@@]1(CO)CN(C(=O)CCc2cn[nH]c2)CC[C@@H]1O. The number of aryl methyl sites for hydroxylation is 1. The molecule has 0 saturated carbocycles. The van der Waals surface area contributed by atoms with E-state index in [2.05, 4.69) is 10.2 Å². The summed E-state index contributed by atoms with van der Waals surface area (Å²) in [5, 5.41) is 26.5. The molecule has 1 aromatic heterocycles. The smallest absolute Gasteiger partial charge is 0.222 e. The molecule has 1 amide bonds. The Bertz CT molecular complexity index is 449. The molecule has 6 nitrogen and oxygen atoms in total. The highest BCUT2D eigenvalue weighted by molar-refractivity contribution is 5.76. The van der Waals surface area contributed by atoms with Crippen LogP contribution in [0.3, 0.4) is 0 Å². The van der Waals surface area contributed by atoms with E-state index in [1.807, 2.05) is 6.92 Å². The summed E-state index contributed by atoms with van der Waals surface area (Å²) in [6.07, 6.45) is 6.24. The lowest BCUT2D eigenvalue weighted by Gasteiger charge is -2.45. The number of nitrogens with zero attached hydrogens (tertiary/aromatic N) is 2. The molecule has 2 heterocycles. The van der Waals surface area contributed by atoms with Crippen LogP contribution in [0.15, 0.2) is 12.4 Å². The van der Waals surface area contributed by atoms with Crippen molar-refractivity contribution in [1.29, 1.82) is 0 Å². The largest absolute Gasteiger partial charge is 0.396 e. The average Bonchev–Trinajstić information content (AvgIpc) is 3.00. The van der Waals surface area contributed by atoms with Gasteiger partial charge in [0.25, 0.3) is 0 Å². The van der Waals surface area contributed by atoms with Crippen molar-refractivity contribution in [2.24, 2.45) is 5.41 Å². The summed E-state index contributed by atoms with van der Waals surface area (Å²) in [5.74, 6) is 0.0806. The molecule has 118 valence electrons. The van der Waals surface area contributed by atoms with E-state index < -0.39 is 11.5 Å². The third-order valence-corrected chi connectivity index (χ3v) is 4.48. The maximum absolute atomic E-state index is 12.3. The number of piperidine rings is 1. The van der Waals surface area contributed by atoms with Crippen molar-refractivity contribution in [1.82, 2.24) is 15.1 Å². The summed E-state index contributed by atoms with van der Waals surface area (Å²) in [6, 6.07) is 0. The Morgan fingerprint density at radius 1 is 1.62 bits per heavy atom. The van der Waals surface area contributed by atoms with Crippen LogP contribution in [0.2, 0.25) is 0 Å². The van der Waals surface area contributed by atoms with Gasteiger partial charge < -0.3 is 15.1 Å². The first kappa shape index (κ1) is 16.0. The third-order valence-electron chi connectivity index (χ3n) is 4.48. The minimum absolute atomic E-state index is 0.0759. The van der Waals surface area contributed by atoms with E-state index in [-0.39, 0.29) is 12.5 Å². The molecule has 1 aliphatic rings. The lowest BCUT2D eigenvalue weighted by molar-refractivity contribution is -0.142. The molecule has 1 aromatic rings. The lowest BCUT2D eigenvalue weighted by atomic mass is 9.74. The number of carbonyl (C=O) groups is 1. The van der Waals surface area contributed by atoms with Gasteiger partial charge in [-0.2, -0.15) is 5.10 Å². The fourth-order valence-corrected chi connectivity index (χ4v) is 3.16. The molecule has 0 unspecified atom stereocenters. The number of likely N-dealkylation sites (tertiary alicyclic amines) is 1. The summed E-state index contributed by atoms with van der Waals surface area (Å²) < 4.78 is 0. The standard InChI is InChI=1S/C15H25N3O3/c1-2-6-15(11-19)10-18(7-5-13(15)20)14(21)4-3-12-8-16-17-9-12/h8-9,13,19-20H,2-7,10-11H2,1H3,(H,16,17)/t13-,15-/m0/s1. The molecule has 1 aliphatic heterocycles. The minimum Gasteiger partial charge on any atom is -0.396 e. The van der Waals surface area contributed by atoms with Crippen LogP contribution >= 0.6 is 0 Å². The first-order valence-corrected chi connectivity index (χ1v) is 7.65. The molecule has 1 fully saturated rings. The Hall–Kier alpha value is -1.40. The predicted octanol–water partition coefficient (Wildman–Crippen LogP) is 0.714. The van der Waals surface area contributed by atoms with Gasteiger partial charge in [0.2, 0.25) is 5.91 Å². The molecular formula is C15H25N3O3. The molecule has 0 aliphatic carbocycles. The number of carbonyl (C=O) groups excluding carboxylic acids is 1. The lowest BCUT2D eigenvalue weighted by Crippen LogP contribution is -2.55. The zero-order valence-corrected chi connectivity index (χ0v) is 12.6. The summed E-state index contributed by atoms with van der Waals surface area (Å²) >= 11 is 0. The van der Waals surface area contributed by atoms with E-state index in [0.717, 1.165) is 18.4 Å². The number of aliphatic hydroxyl groups is 2. The van der Waals surface area contributed by atoms with Crippen LogP contribution in [0.25, 0.3) is 0 Å². The highest BCUT2D eigenvalue weighted by Gasteiger charge is 2.42. The molecule has 2 rings (SSSR count). The van der Waals surface area contributed by atoms with Crippen molar-refractivity contribution in [2.75, 3.05) is 19.7 Å². The molecule has 0 radical (unpaired) electrons. The number of aliphatic hydroxyl groups excluding tert-OH is 2. The predicted molar refractivity (Wildman–Crippen MR) is 78.5 cm³/mol. The van der Waals surface area contributed by atoms with Gasteiger partial charge in [-0.15, -0.1) is 0 Å². The number of rotatable bonds is 6. The van der Waals surface area contributed by atoms with Crippen molar-refractivity contribution in [2.45, 2.75) is 45.1 Å². The summed E-state index contributed by atoms with van der Waals surface area (Å²) in [7, 11) is 0. The third kappa shape index (κ3) is 3.63. The molecule has 0 spiro atoms. The summed E-state index contributed by atoms with van der Waals surface area (Å²) in [5.41, 5.74) is 0.459. The van der Waals surface area contributed by atoms with Gasteiger partial charge in [-0.3, -0.25) is 9.89 Å². The van der Waals surface area contributed by atoms with Gasteiger partial charge in [-0.25, -0.2) is 0 Å². The van der Waals surface area contributed by atoms with Gasteiger partial charge in [0.1, 0.15) is 0 Å². The monoisotopic (exact) mass is 295 g/mol. The molecular weight excluding hydrogens is 270 g/mol. The number of nitrogens with one attached hydrogen (secondary N) is 1. The Morgan fingerprint density at radius 2 is 2.43 bits per heavy atom. The van der Waals surface area contributed by atoms with E-state index in [0.29, 0.717) is 32.4 Å². The Kier molecular flexibility index (Phi) is 5.36. The van der Waals surface area contributed by atoms with Crippen molar-refractivity contribution in [3.63, 3.8) is 0 Å². The molecule has 3 N–H and O–H groups in total. The zero-order chi connectivity index (χ0) is 15.3. The van der Waals surface area contributed by atoms with Crippen LogP contribution in [0, 0.1) is 5.41 Å². The van der Waals surface area contributed by atoms with E-state index in [1.165, 1.54) is 0 Å². The topological polar surface area (TPSA) is 89.5 Å². The second-order valence-electron chi connectivity index (χ2n) is 6.00.